The van der Waals surface area contributed by atoms with Gasteiger partial charge in [-0.25, -0.2) is 4.79 Å². The summed E-state index contributed by atoms with van der Waals surface area (Å²) in [4.78, 5) is 22.7. The number of hydrogen-bond acceptors (Lipinski definition) is 3. The minimum atomic E-state index is -0.368. The topological polar surface area (TPSA) is 48.3 Å². The highest BCUT2D eigenvalue weighted by Gasteiger charge is 2.13. The second kappa shape index (κ2) is 5.52. The Kier molecular flexibility index (Phi) is 3.80. The molecule has 0 radical (unpaired) electrons. The Morgan fingerprint density at radius 3 is 2.68 bits per heavy atom. The number of carbonyl (C=O) groups excluding carboxylic acids is 2. The quantitative estimate of drug-likeness (QED) is 0.624. The van der Waals surface area contributed by atoms with Gasteiger partial charge in [-0.1, -0.05) is 18.2 Å². The molecule has 1 aromatic carbocycles. The fourth-order valence-corrected chi connectivity index (χ4v) is 2.05. The fourth-order valence-electron chi connectivity index (χ4n) is 2.05. The Balaban J connectivity index is 2.41. The van der Waals surface area contributed by atoms with E-state index in [1.54, 1.807) is 18.2 Å². The number of ether oxygens (including phenoxy) is 1. The summed E-state index contributed by atoms with van der Waals surface area (Å²) in [7, 11) is 1.36. The minimum absolute atomic E-state index is 0.368. The van der Waals surface area contributed by atoms with E-state index in [1.807, 2.05) is 29.7 Å². The van der Waals surface area contributed by atoms with Gasteiger partial charge < -0.3 is 9.30 Å². The monoisotopic (exact) mass is 257 g/mol. The molecule has 1 aromatic heterocycles. The van der Waals surface area contributed by atoms with Crippen molar-refractivity contribution in [3.63, 3.8) is 0 Å². The molecule has 0 amide bonds. The molecule has 0 aliphatic heterocycles. The zero-order valence-corrected chi connectivity index (χ0v) is 10.9. The molecule has 0 saturated heterocycles. The number of nitrogens with zero attached hydrogens (tertiary/aromatic N) is 1. The van der Waals surface area contributed by atoms with Gasteiger partial charge in [0.15, 0.2) is 6.29 Å². The number of rotatable bonds is 4. The van der Waals surface area contributed by atoms with Crippen molar-refractivity contribution in [2.75, 3.05) is 7.11 Å². The fraction of sp³-hybridized carbons (Fsp3) is 0.200. The van der Waals surface area contributed by atoms with Gasteiger partial charge in [0.25, 0.3) is 0 Å². The molecular formula is C15H15NO3. The molecule has 2 aromatic rings. The van der Waals surface area contributed by atoms with Crippen LogP contribution in [0.4, 0.5) is 0 Å². The van der Waals surface area contributed by atoms with Crippen molar-refractivity contribution in [2.24, 2.45) is 0 Å². The summed E-state index contributed by atoms with van der Waals surface area (Å²) in [6.07, 6.45) is 0.813. The van der Waals surface area contributed by atoms with Gasteiger partial charge in [-0.15, -0.1) is 0 Å². The van der Waals surface area contributed by atoms with Crippen LogP contribution in [0.5, 0.6) is 0 Å². The largest absolute Gasteiger partial charge is 0.465 e. The van der Waals surface area contributed by atoms with Gasteiger partial charge in [-0.2, -0.15) is 0 Å². The lowest BCUT2D eigenvalue weighted by Crippen LogP contribution is -2.11. The molecule has 0 spiro atoms. The summed E-state index contributed by atoms with van der Waals surface area (Å²) >= 11 is 0. The van der Waals surface area contributed by atoms with Crippen LogP contribution < -0.4 is 0 Å². The van der Waals surface area contributed by atoms with E-state index in [2.05, 4.69) is 0 Å². The van der Waals surface area contributed by atoms with Crippen LogP contribution >= 0.6 is 0 Å². The van der Waals surface area contributed by atoms with Crippen LogP contribution in [0.2, 0.25) is 0 Å². The number of esters is 1. The summed E-state index contributed by atoms with van der Waals surface area (Å²) in [6.45, 7) is 2.39. The lowest BCUT2D eigenvalue weighted by atomic mass is 10.1. The predicted octanol–water partition coefficient (Wildman–Crippen LogP) is 2.44. The third-order valence-electron chi connectivity index (χ3n) is 3.10. The zero-order valence-electron chi connectivity index (χ0n) is 10.9. The molecule has 0 aliphatic rings. The van der Waals surface area contributed by atoms with Crippen LogP contribution in [0.1, 0.15) is 32.1 Å². The first-order valence-corrected chi connectivity index (χ1v) is 5.95. The zero-order chi connectivity index (χ0) is 13.8. The molecule has 0 saturated carbocycles. The van der Waals surface area contributed by atoms with Gasteiger partial charge in [0.2, 0.25) is 0 Å². The van der Waals surface area contributed by atoms with E-state index in [9.17, 15) is 9.59 Å². The summed E-state index contributed by atoms with van der Waals surface area (Å²) < 4.78 is 6.63. The highest BCUT2D eigenvalue weighted by Crippen LogP contribution is 2.15. The smallest absolute Gasteiger partial charge is 0.338 e. The highest BCUT2D eigenvalue weighted by atomic mass is 16.5. The van der Waals surface area contributed by atoms with Crippen molar-refractivity contribution in [3.05, 3.63) is 58.9 Å². The van der Waals surface area contributed by atoms with E-state index in [0.717, 1.165) is 17.5 Å². The van der Waals surface area contributed by atoms with E-state index in [0.29, 0.717) is 17.8 Å². The number of methoxy groups -OCH3 is 1. The number of aromatic nitrogens is 1. The summed E-state index contributed by atoms with van der Waals surface area (Å²) in [5.74, 6) is -0.368. The maximum Gasteiger partial charge on any atom is 0.338 e. The van der Waals surface area contributed by atoms with E-state index >= 15 is 0 Å². The van der Waals surface area contributed by atoms with Crippen LogP contribution in [0, 0.1) is 6.92 Å². The second-order valence-corrected chi connectivity index (χ2v) is 4.25. The Bertz CT molecular complexity index is 614. The number of aryl methyl sites for hydroxylation is 1. The van der Waals surface area contributed by atoms with Gasteiger partial charge >= 0.3 is 5.97 Å². The molecule has 0 aliphatic carbocycles. The van der Waals surface area contributed by atoms with Crippen LogP contribution in [0.25, 0.3) is 0 Å². The lowest BCUT2D eigenvalue weighted by molar-refractivity contribution is 0.0599. The van der Waals surface area contributed by atoms with Gasteiger partial charge in [0.05, 0.1) is 18.4 Å². The molecule has 0 atom stereocenters. The molecule has 4 nitrogen and oxygen atoms in total. The van der Waals surface area contributed by atoms with Gasteiger partial charge in [0, 0.05) is 12.2 Å². The van der Waals surface area contributed by atoms with Gasteiger partial charge in [0.1, 0.15) is 0 Å². The second-order valence-electron chi connectivity index (χ2n) is 4.25. The molecule has 1 heterocycles. The molecule has 0 fully saturated rings. The van der Waals surface area contributed by atoms with Gasteiger partial charge in [-0.3, -0.25) is 4.79 Å². The third kappa shape index (κ3) is 2.57. The summed E-state index contributed by atoms with van der Waals surface area (Å²) in [6, 6.07) is 10.9. The lowest BCUT2D eigenvalue weighted by Gasteiger charge is -2.12. The summed E-state index contributed by atoms with van der Waals surface area (Å²) in [5, 5.41) is 0. The molecule has 0 unspecified atom stereocenters. The van der Waals surface area contributed by atoms with E-state index in [4.69, 9.17) is 4.74 Å². The van der Waals surface area contributed by atoms with Gasteiger partial charge in [-0.05, 0) is 30.7 Å². The van der Waals surface area contributed by atoms with Crippen LogP contribution in [0.15, 0.2) is 36.4 Å². The predicted molar refractivity (Wildman–Crippen MR) is 71.4 cm³/mol. The van der Waals surface area contributed by atoms with Crippen molar-refractivity contribution in [1.82, 2.24) is 4.57 Å². The first kappa shape index (κ1) is 13.1. The Morgan fingerprint density at radius 2 is 2.00 bits per heavy atom. The standard InChI is InChI=1S/C15H15NO3/c1-11-7-8-13(10-17)16(11)9-12-5-3-4-6-14(12)15(18)19-2/h3-8,10H,9H2,1-2H3. The van der Waals surface area contributed by atoms with Crippen molar-refractivity contribution >= 4 is 12.3 Å². The number of hydrogen-bond donors (Lipinski definition) is 0. The normalized spacial score (nSPS) is 10.2. The summed E-state index contributed by atoms with van der Waals surface area (Å²) in [5.41, 5.74) is 2.92. The van der Waals surface area contributed by atoms with Crippen molar-refractivity contribution in [3.8, 4) is 0 Å². The Morgan fingerprint density at radius 1 is 1.26 bits per heavy atom. The van der Waals surface area contributed by atoms with E-state index < -0.39 is 0 Å². The molecule has 2 rings (SSSR count). The third-order valence-corrected chi connectivity index (χ3v) is 3.10. The molecule has 0 bridgehead atoms. The SMILES string of the molecule is COC(=O)c1ccccc1Cn1c(C)ccc1C=O. The molecule has 4 heteroatoms. The Labute approximate surface area is 111 Å². The Hall–Kier alpha value is -2.36. The van der Waals surface area contributed by atoms with E-state index in [1.165, 1.54) is 7.11 Å². The van der Waals surface area contributed by atoms with Crippen LogP contribution in [0.3, 0.4) is 0 Å². The van der Waals surface area contributed by atoms with E-state index in [-0.39, 0.29) is 5.97 Å². The molecular weight excluding hydrogens is 242 g/mol. The number of aldehydes is 1. The van der Waals surface area contributed by atoms with Crippen molar-refractivity contribution in [1.29, 1.82) is 0 Å². The van der Waals surface area contributed by atoms with Crippen LogP contribution in [-0.2, 0) is 11.3 Å². The maximum absolute atomic E-state index is 11.7. The first-order chi connectivity index (χ1) is 9.17. The van der Waals surface area contributed by atoms with Crippen molar-refractivity contribution < 1.29 is 14.3 Å². The van der Waals surface area contributed by atoms with Crippen molar-refractivity contribution in [2.45, 2.75) is 13.5 Å². The maximum atomic E-state index is 11.7. The number of benzene rings is 1. The first-order valence-electron chi connectivity index (χ1n) is 5.95. The number of carbonyl (C=O) groups is 2. The average molecular weight is 257 g/mol. The molecule has 0 N–H and O–H groups in total. The minimum Gasteiger partial charge on any atom is -0.465 e. The molecule has 98 valence electrons. The average Bonchev–Trinajstić information content (AvgIpc) is 2.79. The molecule has 19 heavy (non-hydrogen) atoms. The van der Waals surface area contributed by atoms with Crippen LogP contribution in [-0.4, -0.2) is 23.9 Å². The highest BCUT2D eigenvalue weighted by molar-refractivity contribution is 5.91.